The van der Waals surface area contributed by atoms with E-state index in [2.05, 4.69) is 74.0 Å². The third-order valence-corrected chi connectivity index (χ3v) is 6.55. The zero-order chi connectivity index (χ0) is 24.8. The van der Waals surface area contributed by atoms with Gasteiger partial charge < -0.3 is 14.2 Å². The van der Waals surface area contributed by atoms with Crippen molar-refractivity contribution in [2.45, 2.75) is 52.6 Å². The highest BCUT2D eigenvalue weighted by molar-refractivity contribution is 5.78. The van der Waals surface area contributed by atoms with Crippen LogP contribution in [0.4, 0.5) is 0 Å². The molecule has 35 heavy (non-hydrogen) atoms. The molecule has 2 aromatic carbocycles. The van der Waals surface area contributed by atoms with Crippen molar-refractivity contribution in [3.05, 3.63) is 89.9 Å². The lowest BCUT2D eigenvalue weighted by Gasteiger charge is -2.40. The summed E-state index contributed by atoms with van der Waals surface area (Å²) in [6.07, 6.45) is 7.70. The molecule has 184 valence electrons. The molecule has 0 unspecified atom stereocenters. The first-order valence-corrected chi connectivity index (χ1v) is 12.5. The molecular formula is C30H37N3O2. The van der Waals surface area contributed by atoms with Crippen molar-refractivity contribution in [1.29, 1.82) is 0 Å². The van der Waals surface area contributed by atoms with Gasteiger partial charge in [-0.05, 0) is 30.2 Å². The molecule has 0 N–H and O–H groups in total. The highest BCUT2D eigenvalue weighted by atomic mass is 16.5. The summed E-state index contributed by atoms with van der Waals surface area (Å²) in [5.41, 5.74) is 4.28. The Morgan fingerprint density at radius 2 is 1.77 bits per heavy atom. The predicted molar refractivity (Wildman–Crippen MR) is 141 cm³/mol. The number of hydrogen-bond acceptors (Lipinski definition) is 3. The molecule has 1 aromatic heterocycles. The van der Waals surface area contributed by atoms with Crippen LogP contribution in [0.2, 0.25) is 0 Å². The Labute approximate surface area is 209 Å². The van der Waals surface area contributed by atoms with Crippen molar-refractivity contribution in [3.8, 4) is 11.3 Å². The molecule has 5 heteroatoms. The standard InChI is InChI=1S/C30H37N3O2/c1-30(2,3)28(33(27(34)22-35-4)20-24-15-11-12-16-24)29-31-26(25-17-9-6-10-18-25)21-32(29)19-23-13-7-5-8-14-23/h5-10,13-15,17-18,21,28H,11-12,16,19-20,22H2,1-4H3/t28-/m0/s1. The summed E-state index contributed by atoms with van der Waals surface area (Å²) in [6, 6.07) is 20.5. The van der Waals surface area contributed by atoms with Gasteiger partial charge in [0.25, 0.3) is 0 Å². The lowest BCUT2D eigenvalue weighted by molar-refractivity contribution is -0.140. The second kappa shape index (κ2) is 11.0. The first-order chi connectivity index (χ1) is 16.9. The zero-order valence-electron chi connectivity index (χ0n) is 21.4. The number of allylic oxidation sites excluding steroid dienone is 1. The van der Waals surface area contributed by atoms with Gasteiger partial charge in [-0.25, -0.2) is 4.98 Å². The summed E-state index contributed by atoms with van der Waals surface area (Å²) in [6.45, 7) is 7.94. The minimum atomic E-state index is -0.240. The second-order valence-electron chi connectivity index (χ2n) is 10.4. The fourth-order valence-electron chi connectivity index (χ4n) is 4.93. The maximum absolute atomic E-state index is 13.5. The molecule has 0 fully saturated rings. The summed E-state index contributed by atoms with van der Waals surface area (Å²) in [5.74, 6) is 0.902. The fraction of sp³-hybridized carbons (Fsp3) is 0.400. The first-order valence-electron chi connectivity index (χ1n) is 12.5. The van der Waals surface area contributed by atoms with Gasteiger partial charge in [0, 0.05) is 32.0 Å². The Bertz CT molecular complexity index is 1140. The Kier molecular flexibility index (Phi) is 7.86. The summed E-state index contributed by atoms with van der Waals surface area (Å²) >= 11 is 0. The van der Waals surface area contributed by atoms with Crippen LogP contribution in [0, 0.1) is 5.41 Å². The van der Waals surface area contributed by atoms with E-state index in [1.165, 1.54) is 11.1 Å². The minimum Gasteiger partial charge on any atom is -0.375 e. The molecule has 0 saturated carbocycles. The Hall–Kier alpha value is -3.18. The third kappa shape index (κ3) is 6.09. The number of carbonyl (C=O) groups excluding carboxylic acids is 1. The van der Waals surface area contributed by atoms with E-state index in [-0.39, 0.29) is 24.0 Å². The molecule has 5 nitrogen and oxygen atoms in total. The molecular weight excluding hydrogens is 434 g/mol. The number of imidazole rings is 1. The van der Waals surface area contributed by atoms with Crippen LogP contribution in [-0.4, -0.2) is 40.6 Å². The van der Waals surface area contributed by atoms with Gasteiger partial charge in [-0.2, -0.15) is 0 Å². The van der Waals surface area contributed by atoms with Crippen LogP contribution in [-0.2, 0) is 16.1 Å². The molecule has 1 aliphatic carbocycles. The normalized spacial score (nSPS) is 14.6. The molecule has 0 radical (unpaired) electrons. The second-order valence-corrected chi connectivity index (χ2v) is 10.4. The van der Waals surface area contributed by atoms with Crippen molar-refractivity contribution in [3.63, 3.8) is 0 Å². The highest BCUT2D eigenvalue weighted by Crippen LogP contribution is 2.40. The molecule has 4 rings (SSSR count). The topological polar surface area (TPSA) is 47.4 Å². The number of hydrogen-bond donors (Lipinski definition) is 0. The van der Waals surface area contributed by atoms with Gasteiger partial charge in [0.2, 0.25) is 5.91 Å². The lowest BCUT2D eigenvalue weighted by atomic mass is 9.84. The maximum atomic E-state index is 13.5. The minimum absolute atomic E-state index is 0.00394. The van der Waals surface area contributed by atoms with E-state index in [1.807, 2.05) is 29.2 Å². The maximum Gasteiger partial charge on any atom is 0.249 e. The van der Waals surface area contributed by atoms with Gasteiger partial charge in [-0.1, -0.05) is 93.1 Å². The summed E-state index contributed by atoms with van der Waals surface area (Å²) in [7, 11) is 1.58. The van der Waals surface area contributed by atoms with Crippen LogP contribution in [0.15, 0.2) is 78.5 Å². The highest BCUT2D eigenvalue weighted by Gasteiger charge is 2.38. The molecule has 1 atom stereocenters. The smallest absolute Gasteiger partial charge is 0.249 e. The SMILES string of the molecule is COCC(=O)N(CC1=CCCC1)[C@@H](c1nc(-c2ccccc2)cn1Cc1ccccc1)C(C)(C)C. The van der Waals surface area contributed by atoms with Crippen molar-refractivity contribution in [2.24, 2.45) is 5.41 Å². The van der Waals surface area contributed by atoms with E-state index in [0.717, 1.165) is 36.3 Å². The van der Waals surface area contributed by atoms with Gasteiger partial charge in [-0.3, -0.25) is 4.79 Å². The molecule has 0 spiro atoms. The molecule has 0 saturated heterocycles. The number of rotatable bonds is 9. The van der Waals surface area contributed by atoms with E-state index < -0.39 is 0 Å². The van der Waals surface area contributed by atoms with Gasteiger partial charge >= 0.3 is 0 Å². The molecule has 1 aliphatic rings. The fourth-order valence-corrected chi connectivity index (χ4v) is 4.93. The van der Waals surface area contributed by atoms with Crippen molar-refractivity contribution in [2.75, 3.05) is 20.3 Å². The molecule has 0 aliphatic heterocycles. The predicted octanol–water partition coefficient (Wildman–Crippen LogP) is 6.27. The molecule has 0 bridgehead atoms. The summed E-state index contributed by atoms with van der Waals surface area (Å²) < 4.78 is 7.54. The van der Waals surface area contributed by atoms with Crippen molar-refractivity contribution < 1.29 is 9.53 Å². The average molecular weight is 472 g/mol. The van der Waals surface area contributed by atoms with Crippen LogP contribution in [0.5, 0.6) is 0 Å². The van der Waals surface area contributed by atoms with Gasteiger partial charge in [0.05, 0.1) is 11.7 Å². The molecule has 1 heterocycles. The quantitative estimate of drug-likeness (QED) is 0.346. The molecule has 3 aromatic rings. The Morgan fingerprint density at radius 3 is 2.37 bits per heavy atom. The van der Waals surface area contributed by atoms with Crippen LogP contribution in [0.3, 0.4) is 0 Å². The van der Waals surface area contributed by atoms with E-state index >= 15 is 0 Å². The number of ether oxygens (including phenoxy) is 1. The van der Waals surface area contributed by atoms with Crippen LogP contribution in [0.25, 0.3) is 11.3 Å². The number of nitrogens with zero attached hydrogens (tertiary/aromatic N) is 3. The van der Waals surface area contributed by atoms with Crippen LogP contribution < -0.4 is 0 Å². The largest absolute Gasteiger partial charge is 0.375 e. The third-order valence-electron chi connectivity index (χ3n) is 6.55. The Morgan fingerprint density at radius 1 is 1.09 bits per heavy atom. The number of benzene rings is 2. The summed E-state index contributed by atoms with van der Waals surface area (Å²) in [4.78, 5) is 20.7. The van der Waals surface area contributed by atoms with E-state index in [1.54, 1.807) is 7.11 Å². The molecule has 1 amide bonds. The van der Waals surface area contributed by atoms with Crippen LogP contribution >= 0.6 is 0 Å². The van der Waals surface area contributed by atoms with E-state index in [4.69, 9.17) is 9.72 Å². The van der Waals surface area contributed by atoms with E-state index in [9.17, 15) is 4.79 Å². The average Bonchev–Trinajstić information content (AvgIpc) is 3.50. The number of aromatic nitrogens is 2. The van der Waals surface area contributed by atoms with Crippen molar-refractivity contribution >= 4 is 5.91 Å². The number of amides is 1. The lowest BCUT2D eigenvalue weighted by Crippen LogP contribution is -2.44. The van der Waals surface area contributed by atoms with Gasteiger partial charge in [0.1, 0.15) is 12.4 Å². The number of carbonyl (C=O) groups is 1. The summed E-state index contributed by atoms with van der Waals surface area (Å²) in [5, 5.41) is 0. The number of methoxy groups -OCH3 is 1. The van der Waals surface area contributed by atoms with Crippen molar-refractivity contribution in [1.82, 2.24) is 14.5 Å². The van der Waals surface area contributed by atoms with Gasteiger partial charge in [0.15, 0.2) is 0 Å². The Balaban J connectivity index is 1.83. The monoisotopic (exact) mass is 471 g/mol. The van der Waals surface area contributed by atoms with Crippen LogP contribution in [0.1, 0.15) is 57.5 Å². The van der Waals surface area contributed by atoms with E-state index in [0.29, 0.717) is 13.1 Å². The first kappa shape index (κ1) is 24.9. The van der Waals surface area contributed by atoms with Gasteiger partial charge in [-0.15, -0.1) is 0 Å². The zero-order valence-corrected chi connectivity index (χ0v) is 21.4.